The summed E-state index contributed by atoms with van der Waals surface area (Å²) < 4.78 is 0. The molecule has 0 aromatic heterocycles. The van der Waals surface area contributed by atoms with Gasteiger partial charge in [0.25, 0.3) is 0 Å². The molecular formula is C25H38IN5. The molecule has 2 aromatic carbocycles. The van der Waals surface area contributed by atoms with Crippen molar-refractivity contribution < 1.29 is 0 Å². The van der Waals surface area contributed by atoms with Crippen LogP contribution >= 0.6 is 24.0 Å². The van der Waals surface area contributed by atoms with Crippen molar-refractivity contribution in [3.05, 3.63) is 65.2 Å². The number of aryl methyl sites for hydroxylation is 1. The number of aliphatic imine (C=N–C) groups is 1. The molecule has 2 atom stereocenters. The molecule has 170 valence electrons. The smallest absolute Gasteiger partial charge is 0.191 e. The van der Waals surface area contributed by atoms with Crippen LogP contribution in [0.25, 0.3) is 0 Å². The lowest BCUT2D eigenvalue weighted by Gasteiger charge is -2.38. The average Bonchev–Trinajstić information content (AvgIpc) is 2.74. The molecule has 5 nitrogen and oxygen atoms in total. The SMILES string of the molecule is CN=C(NCc1ccc(N(C)C)cc1C)NC1CCN(Cc2ccccc2)C(C)C1.I. The highest BCUT2D eigenvalue weighted by Crippen LogP contribution is 2.20. The number of piperidine rings is 1. The van der Waals surface area contributed by atoms with E-state index in [0.29, 0.717) is 12.1 Å². The lowest BCUT2D eigenvalue weighted by atomic mass is 9.97. The Balaban J connectivity index is 0.00000341. The molecule has 2 unspecified atom stereocenters. The van der Waals surface area contributed by atoms with Gasteiger partial charge in [0.1, 0.15) is 0 Å². The van der Waals surface area contributed by atoms with Crippen molar-refractivity contribution in [2.75, 3.05) is 32.6 Å². The van der Waals surface area contributed by atoms with Gasteiger partial charge in [0.05, 0.1) is 0 Å². The van der Waals surface area contributed by atoms with Gasteiger partial charge >= 0.3 is 0 Å². The molecule has 3 rings (SSSR count). The molecule has 0 spiro atoms. The van der Waals surface area contributed by atoms with Crippen LogP contribution in [-0.4, -0.2) is 50.6 Å². The van der Waals surface area contributed by atoms with E-state index in [0.717, 1.165) is 38.4 Å². The quantitative estimate of drug-likeness (QED) is 0.327. The van der Waals surface area contributed by atoms with Gasteiger partial charge in [-0.05, 0) is 55.5 Å². The van der Waals surface area contributed by atoms with Gasteiger partial charge < -0.3 is 15.5 Å². The minimum Gasteiger partial charge on any atom is -0.378 e. The number of nitrogens with zero attached hydrogens (tertiary/aromatic N) is 3. The summed E-state index contributed by atoms with van der Waals surface area (Å²) in [7, 11) is 6.00. The molecule has 6 heteroatoms. The maximum absolute atomic E-state index is 4.46. The number of hydrogen-bond donors (Lipinski definition) is 2. The maximum Gasteiger partial charge on any atom is 0.191 e. The van der Waals surface area contributed by atoms with Crippen molar-refractivity contribution in [3.63, 3.8) is 0 Å². The van der Waals surface area contributed by atoms with Crippen LogP contribution in [0.2, 0.25) is 0 Å². The highest BCUT2D eigenvalue weighted by molar-refractivity contribution is 14.0. The predicted octanol–water partition coefficient (Wildman–Crippen LogP) is 4.40. The van der Waals surface area contributed by atoms with Crippen LogP contribution in [0, 0.1) is 6.92 Å². The number of halogens is 1. The zero-order chi connectivity index (χ0) is 21.5. The Morgan fingerprint density at radius 3 is 2.52 bits per heavy atom. The first-order valence-electron chi connectivity index (χ1n) is 11.0. The van der Waals surface area contributed by atoms with Crippen molar-refractivity contribution in [1.82, 2.24) is 15.5 Å². The van der Waals surface area contributed by atoms with Gasteiger partial charge in [-0.25, -0.2) is 0 Å². The van der Waals surface area contributed by atoms with Crippen molar-refractivity contribution in [2.24, 2.45) is 4.99 Å². The van der Waals surface area contributed by atoms with E-state index in [1.54, 1.807) is 0 Å². The van der Waals surface area contributed by atoms with Gasteiger partial charge in [0.15, 0.2) is 5.96 Å². The molecule has 0 radical (unpaired) electrons. The van der Waals surface area contributed by atoms with E-state index in [-0.39, 0.29) is 24.0 Å². The summed E-state index contributed by atoms with van der Waals surface area (Å²) in [6, 6.07) is 18.4. The molecule has 1 aliphatic rings. The third-order valence-electron chi connectivity index (χ3n) is 6.10. The number of likely N-dealkylation sites (tertiary alicyclic amines) is 1. The fraction of sp³-hybridized carbons (Fsp3) is 0.480. The second kappa shape index (κ2) is 12.3. The van der Waals surface area contributed by atoms with Gasteiger partial charge in [0, 0.05) is 58.5 Å². The summed E-state index contributed by atoms with van der Waals surface area (Å²) in [4.78, 5) is 9.17. The highest BCUT2D eigenvalue weighted by Gasteiger charge is 2.25. The van der Waals surface area contributed by atoms with Crippen molar-refractivity contribution in [1.29, 1.82) is 0 Å². The molecule has 2 N–H and O–H groups in total. The average molecular weight is 536 g/mol. The maximum atomic E-state index is 4.46. The van der Waals surface area contributed by atoms with Gasteiger partial charge in [-0.15, -0.1) is 24.0 Å². The molecule has 1 saturated heterocycles. The van der Waals surface area contributed by atoms with Gasteiger partial charge in [-0.1, -0.05) is 36.4 Å². The van der Waals surface area contributed by atoms with Gasteiger partial charge in [-0.3, -0.25) is 9.89 Å². The van der Waals surface area contributed by atoms with Gasteiger partial charge in [0.2, 0.25) is 0 Å². The molecule has 0 saturated carbocycles. The van der Waals surface area contributed by atoms with Crippen LogP contribution in [0.4, 0.5) is 5.69 Å². The van der Waals surface area contributed by atoms with Crippen LogP contribution in [0.5, 0.6) is 0 Å². The largest absolute Gasteiger partial charge is 0.378 e. The molecule has 1 heterocycles. The monoisotopic (exact) mass is 535 g/mol. The second-order valence-corrected chi connectivity index (χ2v) is 8.60. The predicted molar refractivity (Wildman–Crippen MR) is 144 cm³/mol. The van der Waals surface area contributed by atoms with E-state index in [4.69, 9.17) is 0 Å². The fourth-order valence-corrected chi connectivity index (χ4v) is 4.13. The normalized spacial score (nSPS) is 19.5. The molecule has 31 heavy (non-hydrogen) atoms. The second-order valence-electron chi connectivity index (χ2n) is 8.60. The fourth-order valence-electron chi connectivity index (χ4n) is 4.13. The molecule has 0 aliphatic carbocycles. The summed E-state index contributed by atoms with van der Waals surface area (Å²) in [5.41, 5.74) is 5.22. The summed E-state index contributed by atoms with van der Waals surface area (Å²) in [5.74, 6) is 0.889. The Morgan fingerprint density at radius 1 is 1.16 bits per heavy atom. The van der Waals surface area contributed by atoms with Gasteiger partial charge in [-0.2, -0.15) is 0 Å². The van der Waals surface area contributed by atoms with E-state index in [9.17, 15) is 0 Å². The topological polar surface area (TPSA) is 42.9 Å². The number of hydrogen-bond acceptors (Lipinski definition) is 3. The van der Waals surface area contributed by atoms with Crippen molar-refractivity contribution in [2.45, 2.75) is 51.9 Å². The lowest BCUT2D eigenvalue weighted by molar-refractivity contribution is 0.134. The van der Waals surface area contributed by atoms with Crippen molar-refractivity contribution >= 4 is 35.6 Å². The number of anilines is 1. The molecule has 2 aromatic rings. The Morgan fingerprint density at radius 2 is 1.90 bits per heavy atom. The van der Waals surface area contributed by atoms with Crippen LogP contribution in [0.3, 0.4) is 0 Å². The van der Waals surface area contributed by atoms with E-state index < -0.39 is 0 Å². The standard InChI is InChI=1S/C25H37N5.HI/c1-19-15-24(29(4)5)12-11-22(19)17-27-25(26-3)28-23-13-14-30(20(2)16-23)18-21-9-7-6-8-10-21;/h6-12,15,20,23H,13-14,16-18H2,1-5H3,(H2,26,27,28);1H. The Bertz CT molecular complexity index is 837. The zero-order valence-electron chi connectivity index (χ0n) is 19.6. The van der Waals surface area contributed by atoms with E-state index in [1.807, 2.05) is 7.05 Å². The van der Waals surface area contributed by atoms with Crippen LogP contribution in [-0.2, 0) is 13.1 Å². The van der Waals surface area contributed by atoms with E-state index in [1.165, 1.54) is 22.4 Å². The first kappa shape index (κ1) is 25.5. The van der Waals surface area contributed by atoms with Crippen LogP contribution in [0.1, 0.15) is 36.5 Å². The first-order valence-corrected chi connectivity index (χ1v) is 11.0. The van der Waals surface area contributed by atoms with Crippen molar-refractivity contribution in [3.8, 4) is 0 Å². The van der Waals surface area contributed by atoms with Crippen LogP contribution < -0.4 is 15.5 Å². The van der Waals surface area contributed by atoms with Crippen LogP contribution in [0.15, 0.2) is 53.5 Å². The van der Waals surface area contributed by atoms with E-state index >= 15 is 0 Å². The third kappa shape index (κ3) is 7.38. The number of benzene rings is 2. The molecule has 0 amide bonds. The molecular weight excluding hydrogens is 497 g/mol. The zero-order valence-corrected chi connectivity index (χ0v) is 21.9. The molecule has 1 aliphatic heterocycles. The number of rotatable bonds is 6. The summed E-state index contributed by atoms with van der Waals surface area (Å²) in [5, 5.41) is 7.14. The summed E-state index contributed by atoms with van der Waals surface area (Å²) >= 11 is 0. The third-order valence-corrected chi connectivity index (χ3v) is 6.10. The Hall–Kier alpha value is -1.80. The number of nitrogens with one attached hydrogen (secondary N) is 2. The van der Waals surface area contributed by atoms with E-state index in [2.05, 4.69) is 102 Å². The Kier molecular flexibility index (Phi) is 10.1. The lowest BCUT2D eigenvalue weighted by Crippen LogP contribution is -2.51. The Labute approximate surface area is 205 Å². The number of guanidine groups is 1. The summed E-state index contributed by atoms with van der Waals surface area (Å²) in [6.45, 7) is 7.42. The molecule has 1 fully saturated rings. The first-order chi connectivity index (χ1) is 14.5. The minimum atomic E-state index is 0. The summed E-state index contributed by atoms with van der Waals surface area (Å²) in [6.07, 6.45) is 2.26. The highest BCUT2D eigenvalue weighted by atomic mass is 127. The minimum absolute atomic E-state index is 0. The molecule has 0 bridgehead atoms.